The number of nitrogens with two attached hydrogens (primary N) is 1. The third-order valence-electron chi connectivity index (χ3n) is 5.30. The quantitative estimate of drug-likeness (QED) is 0.376. The van der Waals surface area contributed by atoms with Crippen LogP contribution in [0.15, 0.2) is 29.7 Å². The molecule has 1 aromatic heterocycles. The molecule has 4 N–H and O–H groups in total. The molecule has 1 aromatic carbocycles. The van der Waals surface area contributed by atoms with E-state index in [2.05, 4.69) is 25.8 Å². The SMILES string of the molecule is CC.COc1ccc2c(c1)/C(=N\OCC(=O)NCCNC(=O)OC(C)(C)C)C(C)(C)c1c(N)ncnc1-2. The van der Waals surface area contributed by atoms with Crippen LogP contribution in [0.25, 0.3) is 11.3 Å². The minimum atomic E-state index is -0.701. The van der Waals surface area contributed by atoms with Crippen LogP contribution in [0.3, 0.4) is 0 Å². The zero-order valence-corrected chi connectivity index (χ0v) is 22.9. The van der Waals surface area contributed by atoms with Crippen molar-refractivity contribution in [2.75, 3.05) is 32.5 Å². The average molecular weight is 515 g/mol. The monoisotopic (exact) mass is 514 g/mol. The summed E-state index contributed by atoms with van der Waals surface area (Å²) in [7, 11) is 1.58. The van der Waals surface area contributed by atoms with Gasteiger partial charge in [-0.2, -0.15) is 0 Å². The summed E-state index contributed by atoms with van der Waals surface area (Å²) in [6.07, 6.45) is 0.880. The highest BCUT2D eigenvalue weighted by molar-refractivity contribution is 6.15. The number of carbonyl (C=O) groups is 2. The van der Waals surface area contributed by atoms with Crippen LogP contribution < -0.4 is 21.1 Å². The molecule has 0 saturated carbocycles. The van der Waals surface area contributed by atoms with Crippen LogP contribution in [-0.4, -0.2) is 60.1 Å². The van der Waals surface area contributed by atoms with Gasteiger partial charge < -0.3 is 30.7 Å². The maximum atomic E-state index is 12.2. The molecule has 0 unspecified atom stereocenters. The second kappa shape index (κ2) is 12.4. The number of nitrogen functional groups attached to an aromatic ring is 1. The summed E-state index contributed by atoms with van der Waals surface area (Å²) in [5.74, 6) is 0.612. The second-order valence-electron chi connectivity index (χ2n) is 9.51. The van der Waals surface area contributed by atoms with E-state index in [1.54, 1.807) is 27.9 Å². The normalized spacial score (nSPS) is 14.3. The summed E-state index contributed by atoms with van der Waals surface area (Å²) >= 11 is 0. The van der Waals surface area contributed by atoms with Gasteiger partial charge in [0.2, 0.25) is 0 Å². The van der Waals surface area contributed by atoms with Gasteiger partial charge in [0.05, 0.1) is 18.5 Å². The van der Waals surface area contributed by atoms with E-state index < -0.39 is 17.1 Å². The number of carbonyl (C=O) groups excluding carboxylic acids is 2. The number of alkyl carbamates (subject to hydrolysis) is 1. The van der Waals surface area contributed by atoms with Crippen LogP contribution in [0, 0.1) is 0 Å². The summed E-state index contributed by atoms with van der Waals surface area (Å²) < 4.78 is 10.5. The van der Waals surface area contributed by atoms with Crippen molar-refractivity contribution in [3.8, 4) is 17.0 Å². The molecular weight excluding hydrogens is 476 g/mol. The molecule has 202 valence electrons. The largest absolute Gasteiger partial charge is 0.497 e. The Kier molecular flexibility index (Phi) is 9.81. The first-order valence-corrected chi connectivity index (χ1v) is 12.2. The van der Waals surface area contributed by atoms with Crippen LogP contribution in [0.4, 0.5) is 10.6 Å². The van der Waals surface area contributed by atoms with Gasteiger partial charge in [0.1, 0.15) is 23.5 Å². The van der Waals surface area contributed by atoms with Crippen molar-refractivity contribution in [1.82, 2.24) is 20.6 Å². The standard InChI is InChI=1S/C24H32N6O5.C2H6/c1-23(2,3)35-22(32)27-10-9-26-17(31)12-34-30-20-16-11-14(33-6)7-8-15(16)19-18(24(20,4)5)21(25)29-13-28-19;1-2/h7-8,11,13H,9-10,12H2,1-6H3,(H,26,31)(H,27,32)(H2,25,28,29);1-2H3/b30-20+;. The van der Waals surface area contributed by atoms with E-state index in [4.69, 9.17) is 20.0 Å². The number of rotatable bonds is 7. The maximum Gasteiger partial charge on any atom is 0.407 e. The van der Waals surface area contributed by atoms with E-state index in [0.717, 1.165) is 16.7 Å². The van der Waals surface area contributed by atoms with Gasteiger partial charge in [0.15, 0.2) is 6.61 Å². The molecular formula is C26H38N6O5. The zero-order chi connectivity index (χ0) is 27.8. The molecule has 0 fully saturated rings. The van der Waals surface area contributed by atoms with Crippen molar-refractivity contribution in [3.05, 3.63) is 35.7 Å². The summed E-state index contributed by atoms with van der Waals surface area (Å²) in [4.78, 5) is 37.9. The summed E-state index contributed by atoms with van der Waals surface area (Å²) in [6.45, 7) is 13.3. The van der Waals surface area contributed by atoms with Crippen molar-refractivity contribution in [2.24, 2.45) is 5.16 Å². The molecule has 2 amide bonds. The number of nitrogens with zero attached hydrogens (tertiary/aromatic N) is 3. The zero-order valence-electron chi connectivity index (χ0n) is 22.9. The predicted octanol–water partition coefficient (Wildman–Crippen LogP) is 3.41. The highest BCUT2D eigenvalue weighted by Gasteiger charge is 2.41. The molecule has 0 radical (unpaired) electrons. The fourth-order valence-corrected chi connectivity index (χ4v) is 3.78. The Labute approximate surface area is 218 Å². The van der Waals surface area contributed by atoms with Crippen molar-refractivity contribution in [1.29, 1.82) is 0 Å². The fourth-order valence-electron chi connectivity index (χ4n) is 3.78. The lowest BCUT2D eigenvalue weighted by molar-refractivity contribution is -0.125. The third-order valence-corrected chi connectivity index (χ3v) is 5.30. The first kappa shape index (κ1) is 29.3. The van der Waals surface area contributed by atoms with Gasteiger partial charge in [-0.3, -0.25) is 4.79 Å². The predicted molar refractivity (Wildman–Crippen MR) is 143 cm³/mol. The number of benzene rings is 1. The highest BCUT2D eigenvalue weighted by Crippen LogP contribution is 2.45. The molecule has 0 saturated heterocycles. The lowest BCUT2D eigenvalue weighted by Crippen LogP contribution is -2.39. The molecule has 3 rings (SSSR count). The van der Waals surface area contributed by atoms with Crippen molar-refractivity contribution in [3.63, 3.8) is 0 Å². The van der Waals surface area contributed by atoms with E-state index >= 15 is 0 Å². The van der Waals surface area contributed by atoms with Crippen molar-refractivity contribution >= 4 is 23.5 Å². The number of methoxy groups -OCH3 is 1. The summed E-state index contributed by atoms with van der Waals surface area (Å²) in [5, 5.41) is 9.56. The van der Waals surface area contributed by atoms with Crippen LogP contribution in [0.2, 0.25) is 0 Å². The average Bonchev–Trinajstić information content (AvgIpc) is 2.83. The van der Waals surface area contributed by atoms with E-state index in [1.807, 2.05) is 45.9 Å². The lowest BCUT2D eigenvalue weighted by Gasteiger charge is -2.34. The van der Waals surface area contributed by atoms with Crippen LogP contribution in [0.5, 0.6) is 5.75 Å². The number of oxime groups is 1. The summed E-state index contributed by atoms with van der Waals surface area (Å²) in [5.41, 5.74) is 8.53. The Balaban J connectivity index is 0.00000235. The first-order valence-electron chi connectivity index (χ1n) is 12.2. The van der Waals surface area contributed by atoms with E-state index in [0.29, 0.717) is 23.0 Å². The van der Waals surface area contributed by atoms with Crippen LogP contribution in [-0.2, 0) is 19.8 Å². The molecule has 0 aliphatic heterocycles. The third kappa shape index (κ3) is 7.31. The minimum absolute atomic E-state index is 0.213. The Morgan fingerprint density at radius 1 is 1.08 bits per heavy atom. The Bertz CT molecular complexity index is 1140. The molecule has 1 aliphatic rings. The smallest absolute Gasteiger partial charge is 0.407 e. The molecule has 1 aliphatic carbocycles. The lowest BCUT2D eigenvalue weighted by atomic mass is 9.70. The molecule has 11 heteroatoms. The number of anilines is 1. The minimum Gasteiger partial charge on any atom is -0.497 e. The molecule has 11 nitrogen and oxygen atoms in total. The maximum absolute atomic E-state index is 12.2. The van der Waals surface area contributed by atoms with Gasteiger partial charge in [0.25, 0.3) is 5.91 Å². The molecule has 0 spiro atoms. The van der Waals surface area contributed by atoms with Crippen LogP contribution in [0.1, 0.15) is 59.6 Å². The Hall–Kier alpha value is -3.89. The number of nitrogens with one attached hydrogen (secondary N) is 2. The van der Waals surface area contributed by atoms with Crippen molar-refractivity contribution < 1.29 is 23.9 Å². The highest BCUT2D eigenvalue weighted by atomic mass is 16.6. The summed E-state index contributed by atoms with van der Waals surface area (Å²) in [6, 6.07) is 5.56. The molecule has 0 bridgehead atoms. The Morgan fingerprint density at radius 2 is 1.76 bits per heavy atom. The molecule has 0 atom stereocenters. The fraction of sp³-hybridized carbons (Fsp3) is 0.500. The number of hydrogen-bond donors (Lipinski definition) is 3. The van der Waals surface area contributed by atoms with Gasteiger partial charge in [-0.15, -0.1) is 0 Å². The van der Waals surface area contributed by atoms with Gasteiger partial charge in [0, 0.05) is 35.2 Å². The van der Waals surface area contributed by atoms with Gasteiger partial charge in [-0.1, -0.05) is 19.0 Å². The number of ether oxygens (including phenoxy) is 2. The van der Waals surface area contributed by atoms with Gasteiger partial charge in [-0.25, -0.2) is 14.8 Å². The van der Waals surface area contributed by atoms with Crippen molar-refractivity contribution in [2.45, 2.75) is 59.5 Å². The number of aromatic nitrogens is 2. The van der Waals surface area contributed by atoms with E-state index in [1.165, 1.54) is 6.33 Å². The van der Waals surface area contributed by atoms with E-state index in [-0.39, 0.29) is 25.6 Å². The van der Waals surface area contributed by atoms with Gasteiger partial charge >= 0.3 is 6.09 Å². The van der Waals surface area contributed by atoms with E-state index in [9.17, 15) is 9.59 Å². The Morgan fingerprint density at radius 3 is 2.41 bits per heavy atom. The number of fused-ring (bicyclic) bond motifs is 3. The number of amides is 2. The second-order valence-corrected chi connectivity index (χ2v) is 9.51. The topological polar surface area (TPSA) is 150 Å². The molecule has 2 aromatic rings. The van der Waals surface area contributed by atoms with Crippen LogP contribution >= 0.6 is 0 Å². The molecule has 1 heterocycles. The first-order chi connectivity index (χ1) is 17.4. The van der Waals surface area contributed by atoms with Gasteiger partial charge in [-0.05, 0) is 52.8 Å². The number of hydrogen-bond acceptors (Lipinski definition) is 9. The molecule has 37 heavy (non-hydrogen) atoms.